The molecule has 0 saturated carbocycles. The summed E-state index contributed by atoms with van der Waals surface area (Å²) in [5, 5.41) is 11.7. The van der Waals surface area contributed by atoms with Crippen LogP contribution < -0.4 is 10.7 Å². The van der Waals surface area contributed by atoms with Crippen LogP contribution in [0.3, 0.4) is 0 Å². The van der Waals surface area contributed by atoms with Crippen molar-refractivity contribution in [2.45, 2.75) is 6.54 Å². The van der Waals surface area contributed by atoms with E-state index < -0.39 is 17.1 Å². The van der Waals surface area contributed by atoms with Gasteiger partial charge in [0.05, 0.1) is 33.8 Å². The molecule has 0 spiro atoms. The fraction of sp³-hybridized carbons (Fsp3) is 0.0417. The zero-order chi connectivity index (χ0) is 22.6. The third kappa shape index (κ3) is 3.04. The van der Waals surface area contributed by atoms with Gasteiger partial charge in [0.1, 0.15) is 11.6 Å². The van der Waals surface area contributed by atoms with Crippen LogP contribution in [0, 0.1) is 23.0 Å². The lowest BCUT2D eigenvalue weighted by Gasteiger charge is -2.12. The van der Waals surface area contributed by atoms with Gasteiger partial charge in [0.2, 0.25) is 0 Å². The molecule has 5 nitrogen and oxygen atoms in total. The van der Waals surface area contributed by atoms with Crippen LogP contribution in [0.25, 0.3) is 33.3 Å². The number of nitrogens with zero attached hydrogens (tertiary/aromatic N) is 1. The van der Waals surface area contributed by atoms with Gasteiger partial charge in [-0.3, -0.25) is 9.59 Å². The minimum atomic E-state index is -1.02. The lowest BCUT2D eigenvalue weighted by atomic mass is 9.97. The van der Waals surface area contributed by atoms with E-state index in [-0.39, 0.29) is 38.7 Å². The quantitative estimate of drug-likeness (QED) is 0.458. The lowest BCUT2D eigenvalue weighted by Crippen LogP contribution is -2.12. The van der Waals surface area contributed by atoms with E-state index in [9.17, 15) is 9.59 Å². The van der Waals surface area contributed by atoms with Crippen molar-refractivity contribution in [3.05, 3.63) is 92.1 Å². The maximum atomic E-state index is 15.4. The van der Waals surface area contributed by atoms with Crippen LogP contribution in [0.1, 0.15) is 21.5 Å². The van der Waals surface area contributed by atoms with Gasteiger partial charge >= 0.3 is 0 Å². The van der Waals surface area contributed by atoms with Crippen molar-refractivity contribution < 1.29 is 13.6 Å². The number of amides is 1. The van der Waals surface area contributed by atoms with Gasteiger partial charge < -0.3 is 10.3 Å². The number of aromatic nitrogens is 1. The van der Waals surface area contributed by atoms with Crippen molar-refractivity contribution in [3.8, 4) is 28.5 Å². The number of halogens is 3. The summed E-state index contributed by atoms with van der Waals surface area (Å²) in [6.07, 6.45) is 0. The molecule has 0 saturated heterocycles. The van der Waals surface area contributed by atoms with Crippen molar-refractivity contribution in [1.82, 2.24) is 10.3 Å². The van der Waals surface area contributed by atoms with Crippen molar-refractivity contribution >= 4 is 28.4 Å². The molecule has 0 bridgehead atoms. The molecule has 0 radical (unpaired) electrons. The van der Waals surface area contributed by atoms with Crippen molar-refractivity contribution in [3.63, 3.8) is 0 Å². The van der Waals surface area contributed by atoms with E-state index in [0.29, 0.717) is 23.2 Å². The van der Waals surface area contributed by atoms with Crippen LogP contribution >= 0.6 is 11.6 Å². The minimum Gasteiger partial charge on any atom is -0.354 e. The SMILES string of the molecule is N#Cc1ccc(Cl)c(-c2cc(=O)c3c(F)c(-c4ccc5c(c4)C(=O)NC5)c(F)cc3[nH]2)c1. The highest BCUT2D eigenvalue weighted by Gasteiger charge is 2.23. The molecule has 8 heteroatoms. The first kappa shape index (κ1) is 19.9. The van der Waals surface area contributed by atoms with Crippen LogP contribution in [-0.2, 0) is 6.54 Å². The molecular formula is C24H12ClF2N3O2. The second-order valence-corrected chi connectivity index (χ2v) is 7.79. The third-order valence-electron chi connectivity index (χ3n) is 5.48. The number of nitriles is 1. The van der Waals surface area contributed by atoms with Gasteiger partial charge in [0, 0.05) is 28.8 Å². The van der Waals surface area contributed by atoms with Crippen LogP contribution in [0.4, 0.5) is 8.78 Å². The average molecular weight is 448 g/mol. The lowest BCUT2D eigenvalue weighted by molar-refractivity contribution is 0.0965. The predicted molar refractivity (Wildman–Crippen MR) is 116 cm³/mol. The van der Waals surface area contributed by atoms with Crippen LogP contribution in [-0.4, -0.2) is 10.9 Å². The number of carbonyl (C=O) groups excluding carboxylic acids is 1. The van der Waals surface area contributed by atoms with Crippen molar-refractivity contribution in [2.24, 2.45) is 0 Å². The molecular weight excluding hydrogens is 436 g/mol. The van der Waals surface area contributed by atoms with Gasteiger partial charge in [-0.15, -0.1) is 0 Å². The minimum absolute atomic E-state index is 0.0522. The molecule has 0 atom stereocenters. The summed E-state index contributed by atoms with van der Waals surface area (Å²) in [5.74, 6) is -2.23. The number of hydrogen-bond acceptors (Lipinski definition) is 3. The molecule has 156 valence electrons. The van der Waals surface area contributed by atoms with Crippen molar-refractivity contribution in [1.29, 1.82) is 5.26 Å². The van der Waals surface area contributed by atoms with E-state index >= 15 is 8.78 Å². The molecule has 0 fully saturated rings. The highest BCUT2D eigenvalue weighted by Crippen LogP contribution is 2.34. The number of benzene rings is 3. The molecule has 1 aliphatic heterocycles. The molecule has 5 rings (SSSR count). The van der Waals surface area contributed by atoms with Gasteiger partial charge in [0.15, 0.2) is 5.43 Å². The van der Waals surface area contributed by atoms with E-state index in [4.69, 9.17) is 16.9 Å². The second kappa shape index (κ2) is 7.29. The average Bonchev–Trinajstić information content (AvgIpc) is 3.13. The normalized spacial score (nSPS) is 12.5. The Morgan fingerprint density at radius 1 is 1.00 bits per heavy atom. The third-order valence-corrected chi connectivity index (χ3v) is 5.81. The van der Waals surface area contributed by atoms with Crippen molar-refractivity contribution in [2.75, 3.05) is 0 Å². The Morgan fingerprint density at radius 3 is 2.59 bits per heavy atom. The summed E-state index contributed by atoms with van der Waals surface area (Å²) in [6.45, 7) is 0.356. The number of carbonyl (C=O) groups is 1. The van der Waals surface area contributed by atoms with Crippen LogP contribution in [0.2, 0.25) is 5.02 Å². The summed E-state index contributed by atoms with van der Waals surface area (Å²) < 4.78 is 30.5. The number of aromatic amines is 1. The Balaban J connectivity index is 1.72. The number of rotatable bonds is 2. The Morgan fingerprint density at radius 2 is 1.81 bits per heavy atom. The molecule has 0 aliphatic carbocycles. The molecule has 0 unspecified atom stereocenters. The molecule has 2 heterocycles. The zero-order valence-electron chi connectivity index (χ0n) is 16.2. The Hall–Kier alpha value is -4.02. The fourth-order valence-electron chi connectivity index (χ4n) is 3.92. The van der Waals surface area contributed by atoms with E-state index in [2.05, 4.69) is 10.3 Å². The molecule has 3 aromatic carbocycles. The van der Waals surface area contributed by atoms with Gasteiger partial charge in [-0.1, -0.05) is 23.7 Å². The largest absolute Gasteiger partial charge is 0.354 e. The first-order valence-corrected chi connectivity index (χ1v) is 9.91. The first-order valence-electron chi connectivity index (χ1n) is 9.54. The number of fused-ring (bicyclic) bond motifs is 2. The van der Waals surface area contributed by atoms with Gasteiger partial charge in [-0.25, -0.2) is 8.78 Å². The first-order chi connectivity index (χ1) is 15.4. The molecule has 1 aliphatic rings. The molecule has 1 amide bonds. The Bertz CT molecular complexity index is 1570. The zero-order valence-corrected chi connectivity index (χ0v) is 17.0. The summed E-state index contributed by atoms with van der Waals surface area (Å²) in [4.78, 5) is 27.6. The summed E-state index contributed by atoms with van der Waals surface area (Å²) in [5.41, 5.74) is 1.03. The molecule has 1 aromatic heterocycles. The number of hydrogen-bond donors (Lipinski definition) is 2. The smallest absolute Gasteiger partial charge is 0.251 e. The van der Waals surface area contributed by atoms with E-state index in [1.165, 1.54) is 30.3 Å². The Labute approximate surface area is 184 Å². The van der Waals surface area contributed by atoms with E-state index in [1.807, 2.05) is 6.07 Å². The topological polar surface area (TPSA) is 85.8 Å². The Kier molecular flexibility index (Phi) is 4.54. The van der Waals surface area contributed by atoms with E-state index in [1.54, 1.807) is 6.07 Å². The molecule has 4 aromatic rings. The summed E-state index contributed by atoms with van der Waals surface area (Å²) >= 11 is 6.20. The standard InChI is InChI=1S/C24H12ClF2N3O2/c25-16-4-1-11(9-28)5-15(16)18-8-20(31)22-19(30-18)7-17(26)21(23(22)27)12-2-3-13-10-29-24(32)14(13)6-12/h1-8H,10H2,(H,29,32)(H,30,31). The maximum Gasteiger partial charge on any atom is 0.251 e. The van der Waals surface area contributed by atoms with Crippen LogP contribution in [0.5, 0.6) is 0 Å². The summed E-state index contributed by atoms with van der Waals surface area (Å²) in [6, 6.07) is 13.2. The number of H-pyrrole nitrogens is 1. The number of pyridine rings is 1. The van der Waals surface area contributed by atoms with Crippen LogP contribution in [0.15, 0.2) is 53.3 Å². The maximum absolute atomic E-state index is 15.4. The predicted octanol–water partition coefficient (Wildman–Crippen LogP) is 4.91. The monoisotopic (exact) mass is 447 g/mol. The highest BCUT2D eigenvalue weighted by atomic mass is 35.5. The van der Waals surface area contributed by atoms with Gasteiger partial charge in [-0.2, -0.15) is 5.26 Å². The fourth-order valence-corrected chi connectivity index (χ4v) is 4.14. The van der Waals surface area contributed by atoms with Gasteiger partial charge in [-0.05, 0) is 41.5 Å². The second-order valence-electron chi connectivity index (χ2n) is 7.38. The van der Waals surface area contributed by atoms with Gasteiger partial charge in [0.25, 0.3) is 5.91 Å². The highest BCUT2D eigenvalue weighted by molar-refractivity contribution is 6.33. The molecule has 2 N–H and O–H groups in total. The summed E-state index contributed by atoms with van der Waals surface area (Å²) in [7, 11) is 0. The molecule has 32 heavy (non-hydrogen) atoms. The number of nitrogens with one attached hydrogen (secondary N) is 2. The van der Waals surface area contributed by atoms with E-state index in [0.717, 1.165) is 17.7 Å².